The number of Topliss-reactive ketones (excluding diaryl/α,β-unsaturated/α-hetero) is 1. The third-order valence-electron chi connectivity index (χ3n) is 3.36. The van der Waals surface area contributed by atoms with Gasteiger partial charge in [0.15, 0.2) is 12.0 Å². The van der Waals surface area contributed by atoms with Gasteiger partial charge >= 0.3 is 0 Å². The number of benzene rings is 1. The molecular formula is C15H15NO3. The molecule has 2 N–H and O–H groups in total. The lowest BCUT2D eigenvalue weighted by Crippen LogP contribution is -2.30. The van der Waals surface area contributed by atoms with E-state index in [0.29, 0.717) is 17.6 Å². The number of rotatable bonds is 3. The lowest BCUT2D eigenvalue weighted by molar-refractivity contribution is 0.00798. The highest BCUT2D eigenvalue weighted by Crippen LogP contribution is 2.28. The highest BCUT2D eigenvalue weighted by Gasteiger charge is 2.31. The van der Waals surface area contributed by atoms with Gasteiger partial charge in [0.1, 0.15) is 0 Å². The SMILES string of the molecule is O=C(C1=CNC2OC(CO)CC2=C1)c1ccccc1. The Morgan fingerprint density at radius 3 is 2.89 bits per heavy atom. The topological polar surface area (TPSA) is 58.6 Å². The number of aliphatic hydroxyl groups is 1. The van der Waals surface area contributed by atoms with Crippen molar-refractivity contribution in [2.24, 2.45) is 0 Å². The molecule has 2 unspecified atom stereocenters. The fourth-order valence-electron chi connectivity index (χ4n) is 2.38. The van der Waals surface area contributed by atoms with E-state index in [1.54, 1.807) is 18.3 Å². The summed E-state index contributed by atoms with van der Waals surface area (Å²) in [5.41, 5.74) is 2.31. The molecule has 0 spiro atoms. The molecule has 2 atom stereocenters. The number of hydrogen-bond acceptors (Lipinski definition) is 4. The van der Waals surface area contributed by atoms with Gasteiger partial charge in [-0.15, -0.1) is 0 Å². The maximum atomic E-state index is 12.3. The summed E-state index contributed by atoms with van der Waals surface area (Å²) in [6.07, 6.45) is 3.83. The third kappa shape index (κ3) is 2.32. The Morgan fingerprint density at radius 2 is 2.16 bits per heavy atom. The first-order valence-electron chi connectivity index (χ1n) is 6.30. The predicted octanol–water partition coefficient (Wildman–Crippen LogP) is 1.39. The molecular weight excluding hydrogens is 242 g/mol. The number of ether oxygens (including phenoxy) is 1. The molecule has 98 valence electrons. The molecule has 3 rings (SSSR count). The van der Waals surface area contributed by atoms with E-state index in [-0.39, 0.29) is 24.7 Å². The Labute approximate surface area is 111 Å². The van der Waals surface area contributed by atoms with Crippen LogP contribution in [0.25, 0.3) is 0 Å². The molecule has 0 bridgehead atoms. The number of nitrogens with one attached hydrogen (secondary N) is 1. The minimum absolute atomic E-state index is 0.00250. The van der Waals surface area contributed by atoms with Crippen LogP contribution < -0.4 is 5.32 Å². The lowest BCUT2D eigenvalue weighted by atomic mass is 9.98. The number of dihydropyridines is 1. The van der Waals surface area contributed by atoms with Gasteiger partial charge in [0.2, 0.25) is 0 Å². The van der Waals surface area contributed by atoms with Crippen LogP contribution in [0, 0.1) is 0 Å². The second-order valence-corrected chi connectivity index (χ2v) is 4.71. The number of fused-ring (bicyclic) bond motifs is 1. The summed E-state index contributed by atoms with van der Waals surface area (Å²) in [4.78, 5) is 12.3. The van der Waals surface area contributed by atoms with Crippen LogP contribution in [-0.2, 0) is 4.74 Å². The van der Waals surface area contributed by atoms with Crippen LogP contribution in [-0.4, -0.2) is 29.8 Å². The summed E-state index contributed by atoms with van der Waals surface area (Å²) < 4.78 is 5.56. The molecule has 4 nitrogen and oxygen atoms in total. The van der Waals surface area contributed by atoms with Gasteiger partial charge in [0, 0.05) is 23.8 Å². The first-order chi connectivity index (χ1) is 9.28. The van der Waals surface area contributed by atoms with Crippen molar-refractivity contribution >= 4 is 5.78 Å². The smallest absolute Gasteiger partial charge is 0.194 e. The van der Waals surface area contributed by atoms with Crippen molar-refractivity contribution in [2.45, 2.75) is 18.8 Å². The zero-order chi connectivity index (χ0) is 13.2. The molecule has 0 radical (unpaired) electrons. The standard InChI is InChI=1S/C15H15NO3/c17-9-13-7-11-6-12(8-16-15(11)19-13)14(18)10-4-2-1-3-5-10/h1-6,8,13,15-17H,7,9H2. The molecule has 0 aliphatic carbocycles. The molecule has 1 aromatic rings. The number of hydrogen-bond donors (Lipinski definition) is 2. The maximum absolute atomic E-state index is 12.3. The normalized spacial score (nSPS) is 25.1. The Kier molecular flexibility index (Phi) is 3.19. The monoisotopic (exact) mass is 257 g/mol. The van der Waals surface area contributed by atoms with Crippen LogP contribution >= 0.6 is 0 Å². The summed E-state index contributed by atoms with van der Waals surface area (Å²) in [5.74, 6) is -0.00787. The predicted molar refractivity (Wildman–Crippen MR) is 70.4 cm³/mol. The molecule has 0 saturated carbocycles. The molecule has 2 heterocycles. The van der Waals surface area contributed by atoms with E-state index in [2.05, 4.69) is 5.32 Å². The average molecular weight is 257 g/mol. The van der Waals surface area contributed by atoms with Gasteiger partial charge in [-0.05, 0) is 11.6 Å². The van der Waals surface area contributed by atoms with Crippen molar-refractivity contribution < 1.29 is 14.6 Å². The van der Waals surface area contributed by atoms with Crippen molar-refractivity contribution in [1.29, 1.82) is 0 Å². The van der Waals surface area contributed by atoms with Gasteiger partial charge in [0.05, 0.1) is 12.7 Å². The van der Waals surface area contributed by atoms with Crippen molar-refractivity contribution in [3.05, 3.63) is 59.3 Å². The third-order valence-corrected chi connectivity index (χ3v) is 3.36. The minimum atomic E-state index is -0.204. The number of carbonyl (C=O) groups excluding carboxylic acids is 1. The summed E-state index contributed by atoms with van der Waals surface area (Å²) in [6.45, 7) is -0.00250. The molecule has 2 aliphatic heterocycles. The molecule has 0 aromatic heterocycles. The van der Waals surface area contributed by atoms with E-state index in [4.69, 9.17) is 9.84 Å². The van der Waals surface area contributed by atoms with Gasteiger partial charge in [0.25, 0.3) is 0 Å². The Hall–Kier alpha value is -1.91. The Morgan fingerprint density at radius 1 is 1.37 bits per heavy atom. The van der Waals surface area contributed by atoms with E-state index >= 15 is 0 Å². The second-order valence-electron chi connectivity index (χ2n) is 4.71. The van der Waals surface area contributed by atoms with Gasteiger partial charge in [-0.1, -0.05) is 30.3 Å². The van der Waals surface area contributed by atoms with Crippen molar-refractivity contribution in [3.8, 4) is 0 Å². The van der Waals surface area contributed by atoms with Crippen molar-refractivity contribution in [1.82, 2.24) is 5.32 Å². The zero-order valence-electron chi connectivity index (χ0n) is 10.4. The van der Waals surface area contributed by atoms with Gasteiger partial charge in [-0.25, -0.2) is 0 Å². The number of carbonyl (C=O) groups is 1. The minimum Gasteiger partial charge on any atom is -0.394 e. The fraction of sp³-hybridized carbons (Fsp3) is 0.267. The first-order valence-corrected chi connectivity index (χ1v) is 6.30. The number of ketones is 1. The van der Waals surface area contributed by atoms with E-state index in [1.165, 1.54) is 0 Å². The number of allylic oxidation sites excluding steroid dienone is 2. The van der Waals surface area contributed by atoms with Crippen LogP contribution in [0.1, 0.15) is 16.8 Å². The van der Waals surface area contributed by atoms with Gasteiger partial charge < -0.3 is 15.2 Å². The largest absolute Gasteiger partial charge is 0.394 e. The number of aliphatic hydroxyl groups excluding tert-OH is 1. The van der Waals surface area contributed by atoms with Crippen molar-refractivity contribution in [3.63, 3.8) is 0 Å². The van der Waals surface area contributed by atoms with Crippen LogP contribution in [0.4, 0.5) is 0 Å². The Bertz CT molecular complexity index is 548. The lowest BCUT2D eigenvalue weighted by Gasteiger charge is -2.18. The van der Waals surface area contributed by atoms with Crippen LogP contribution in [0.2, 0.25) is 0 Å². The maximum Gasteiger partial charge on any atom is 0.194 e. The molecule has 1 aromatic carbocycles. The van der Waals surface area contributed by atoms with Gasteiger partial charge in [-0.3, -0.25) is 4.79 Å². The van der Waals surface area contributed by atoms with E-state index in [0.717, 1.165) is 5.57 Å². The van der Waals surface area contributed by atoms with Crippen LogP contribution in [0.15, 0.2) is 53.8 Å². The van der Waals surface area contributed by atoms with Crippen molar-refractivity contribution in [2.75, 3.05) is 6.61 Å². The molecule has 1 fully saturated rings. The zero-order valence-corrected chi connectivity index (χ0v) is 10.4. The van der Waals surface area contributed by atoms with E-state index < -0.39 is 0 Å². The molecule has 19 heavy (non-hydrogen) atoms. The highest BCUT2D eigenvalue weighted by molar-refractivity contribution is 6.10. The molecule has 2 aliphatic rings. The molecule has 4 heteroatoms. The second kappa shape index (κ2) is 4.99. The fourth-order valence-corrected chi connectivity index (χ4v) is 2.38. The summed E-state index contributed by atoms with van der Waals surface area (Å²) in [7, 11) is 0. The average Bonchev–Trinajstić information content (AvgIpc) is 2.89. The summed E-state index contributed by atoms with van der Waals surface area (Å²) >= 11 is 0. The highest BCUT2D eigenvalue weighted by atomic mass is 16.5. The quantitative estimate of drug-likeness (QED) is 0.803. The molecule has 1 saturated heterocycles. The van der Waals surface area contributed by atoms with E-state index in [1.807, 2.05) is 24.3 Å². The summed E-state index contributed by atoms with van der Waals surface area (Å²) in [6, 6.07) is 9.18. The first kappa shape index (κ1) is 12.1. The van der Waals surface area contributed by atoms with E-state index in [9.17, 15) is 4.79 Å². The molecule has 0 amide bonds. The summed E-state index contributed by atoms with van der Waals surface area (Å²) in [5, 5.41) is 12.2. The van der Waals surface area contributed by atoms with Gasteiger partial charge in [-0.2, -0.15) is 0 Å². The Balaban J connectivity index is 1.81. The van der Waals surface area contributed by atoms with Crippen LogP contribution in [0.3, 0.4) is 0 Å². The van der Waals surface area contributed by atoms with Crippen LogP contribution in [0.5, 0.6) is 0 Å².